The van der Waals surface area contributed by atoms with E-state index >= 15 is 0 Å². The van der Waals surface area contributed by atoms with Gasteiger partial charge in [0.15, 0.2) is 0 Å². The smallest absolute Gasteiger partial charge is 0.406 e. The van der Waals surface area contributed by atoms with Crippen LogP contribution in [0.4, 0.5) is 13.2 Å². The van der Waals surface area contributed by atoms with Crippen molar-refractivity contribution >= 4 is 10.8 Å². The molecular formula is C12H12F3N3O3S. The van der Waals surface area contributed by atoms with Gasteiger partial charge in [-0.3, -0.25) is 4.21 Å². The molecule has 2 aromatic rings. The summed E-state index contributed by atoms with van der Waals surface area (Å²) in [5.41, 5.74) is 0.393. The molecule has 120 valence electrons. The third-order valence-electron chi connectivity index (χ3n) is 2.63. The van der Waals surface area contributed by atoms with E-state index in [1.807, 2.05) is 0 Å². The molecule has 1 aromatic heterocycles. The summed E-state index contributed by atoms with van der Waals surface area (Å²) in [5, 5.41) is 14.1. The largest absolute Gasteiger partial charge is 0.573 e. The Morgan fingerprint density at radius 2 is 2.00 bits per heavy atom. The first kappa shape index (κ1) is 16.4. The number of aliphatic hydroxyl groups excluding tert-OH is 1. The van der Waals surface area contributed by atoms with Crippen molar-refractivity contribution in [1.29, 1.82) is 0 Å². The monoisotopic (exact) mass is 335 g/mol. The predicted molar refractivity (Wildman–Crippen MR) is 70.4 cm³/mol. The van der Waals surface area contributed by atoms with E-state index in [2.05, 4.69) is 14.8 Å². The average molecular weight is 335 g/mol. The standard InChI is InChI=1S/C12H12F3N3O3S/c1-22(20)11-16-7-18(17-11)6-10(19)8-2-4-9(5-3-8)21-12(13,14)15/h2-5,7,10,19H,6H2,1H3/t10-,22-/m0/s1. The summed E-state index contributed by atoms with van der Waals surface area (Å²) < 4.78 is 52.3. The summed E-state index contributed by atoms with van der Waals surface area (Å²) in [6.45, 7) is 0.0314. The van der Waals surface area contributed by atoms with Gasteiger partial charge in [-0.05, 0) is 17.7 Å². The number of aliphatic hydroxyl groups is 1. The molecule has 1 heterocycles. The highest BCUT2D eigenvalue weighted by Gasteiger charge is 2.31. The van der Waals surface area contributed by atoms with E-state index in [1.54, 1.807) is 0 Å². The normalized spacial score (nSPS) is 14.6. The number of hydrogen-bond acceptors (Lipinski definition) is 5. The lowest BCUT2D eigenvalue weighted by molar-refractivity contribution is -0.274. The molecule has 0 spiro atoms. The van der Waals surface area contributed by atoms with Gasteiger partial charge < -0.3 is 9.84 Å². The molecule has 0 radical (unpaired) electrons. The summed E-state index contributed by atoms with van der Waals surface area (Å²) in [4.78, 5) is 3.81. The quantitative estimate of drug-likeness (QED) is 0.899. The highest BCUT2D eigenvalue weighted by molar-refractivity contribution is 7.84. The zero-order valence-corrected chi connectivity index (χ0v) is 12.1. The predicted octanol–water partition coefficient (Wildman–Crippen LogP) is 1.65. The number of alkyl halides is 3. The van der Waals surface area contributed by atoms with Crippen molar-refractivity contribution < 1.29 is 27.2 Å². The second-order valence-electron chi connectivity index (χ2n) is 4.34. The Morgan fingerprint density at radius 3 is 2.50 bits per heavy atom. The van der Waals surface area contributed by atoms with Gasteiger partial charge in [-0.1, -0.05) is 12.1 Å². The van der Waals surface area contributed by atoms with Crippen LogP contribution in [-0.2, 0) is 17.3 Å². The molecule has 0 aliphatic heterocycles. The number of hydrogen-bond donors (Lipinski definition) is 1. The van der Waals surface area contributed by atoms with Gasteiger partial charge in [0.2, 0.25) is 5.16 Å². The summed E-state index contributed by atoms with van der Waals surface area (Å²) >= 11 is 0. The van der Waals surface area contributed by atoms with Crippen LogP contribution in [0.2, 0.25) is 0 Å². The Balaban J connectivity index is 2.02. The third kappa shape index (κ3) is 4.53. The molecule has 0 amide bonds. The van der Waals surface area contributed by atoms with Crippen molar-refractivity contribution in [3.63, 3.8) is 0 Å². The number of nitrogens with zero attached hydrogens (tertiary/aromatic N) is 3. The molecule has 0 aliphatic rings. The van der Waals surface area contributed by atoms with E-state index in [0.717, 1.165) is 12.1 Å². The number of benzene rings is 1. The Kier molecular flexibility index (Phi) is 4.81. The van der Waals surface area contributed by atoms with Crippen molar-refractivity contribution in [3.8, 4) is 5.75 Å². The van der Waals surface area contributed by atoms with Gasteiger partial charge in [0.05, 0.1) is 23.4 Å². The average Bonchev–Trinajstić information content (AvgIpc) is 2.86. The van der Waals surface area contributed by atoms with Crippen molar-refractivity contribution in [3.05, 3.63) is 36.2 Å². The highest BCUT2D eigenvalue weighted by Crippen LogP contribution is 2.24. The minimum atomic E-state index is -4.76. The maximum absolute atomic E-state index is 12.0. The lowest BCUT2D eigenvalue weighted by Gasteiger charge is -2.12. The molecule has 0 bridgehead atoms. The SMILES string of the molecule is C[S@](=O)c1ncn(C[C@H](O)c2ccc(OC(F)(F)F)cc2)n1. The summed E-state index contributed by atoms with van der Waals surface area (Å²) in [5.74, 6) is -0.368. The maximum Gasteiger partial charge on any atom is 0.573 e. The topological polar surface area (TPSA) is 77.2 Å². The number of halogens is 3. The van der Waals surface area contributed by atoms with Crippen LogP contribution in [0.1, 0.15) is 11.7 Å². The van der Waals surface area contributed by atoms with Crippen molar-refractivity contribution in [2.75, 3.05) is 6.26 Å². The minimum absolute atomic E-state index is 0.0314. The van der Waals surface area contributed by atoms with Crippen LogP contribution in [0, 0.1) is 0 Å². The number of aromatic nitrogens is 3. The Labute approximate surface area is 126 Å². The lowest BCUT2D eigenvalue weighted by atomic mass is 10.1. The van der Waals surface area contributed by atoms with Gasteiger partial charge in [-0.25, -0.2) is 9.67 Å². The van der Waals surface area contributed by atoms with E-state index < -0.39 is 23.3 Å². The van der Waals surface area contributed by atoms with Crippen LogP contribution in [0.5, 0.6) is 5.75 Å². The minimum Gasteiger partial charge on any atom is -0.406 e. The van der Waals surface area contributed by atoms with E-state index in [-0.39, 0.29) is 17.5 Å². The van der Waals surface area contributed by atoms with Crippen LogP contribution in [-0.4, -0.2) is 36.7 Å². The Hall–Kier alpha value is -1.94. The Bertz CT molecular complexity index is 658. The summed E-state index contributed by atoms with van der Waals surface area (Å²) in [7, 11) is -1.33. The van der Waals surface area contributed by atoms with E-state index in [9.17, 15) is 22.5 Å². The molecular weight excluding hydrogens is 323 g/mol. The fourth-order valence-corrected chi connectivity index (χ4v) is 2.09. The van der Waals surface area contributed by atoms with Gasteiger partial charge in [0.1, 0.15) is 12.1 Å². The first-order valence-corrected chi connectivity index (χ1v) is 7.57. The van der Waals surface area contributed by atoms with Crippen molar-refractivity contribution in [2.24, 2.45) is 0 Å². The van der Waals surface area contributed by atoms with E-state index in [4.69, 9.17) is 0 Å². The first-order chi connectivity index (χ1) is 10.2. The Morgan fingerprint density at radius 1 is 1.36 bits per heavy atom. The van der Waals surface area contributed by atoms with Crippen LogP contribution < -0.4 is 4.74 Å². The lowest BCUT2D eigenvalue weighted by Crippen LogP contribution is -2.17. The molecule has 6 nitrogen and oxygen atoms in total. The molecule has 0 aliphatic carbocycles. The molecule has 10 heteroatoms. The highest BCUT2D eigenvalue weighted by atomic mass is 32.2. The molecule has 0 saturated carbocycles. The first-order valence-electron chi connectivity index (χ1n) is 6.01. The molecule has 2 atom stereocenters. The second-order valence-corrected chi connectivity index (χ2v) is 5.61. The second kappa shape index (κ2) is 6.44. The molecule has 0 saturated heterocycles. The number of rotatable bonds is 5. The van der Waals surface area contributed by atoms with E-state index in [0.29, 0.717) is 5.56 Å². The molecule has 1 N–H and O–H groups in total. The molecule has 22 heavy (non-hydrogen) atoms. The third-order valence-corrected chi connectivity index (χ3v) is 3.33. The molecule has 0 fully saturated rings. The van der Waals surface area contributed by atoms with Gasteiger partial charge in [0, 0.05) is 6.26 Å². The van der Waals surface area contributed by atoms with E-state index in [1.165, 1.54) is 29.4 Å². The zero-order valence-electron chi connectivity index (χ0n) is 11.3. The zero-order chi connectivity index (χ0) is 16.3. The fourth-order valence-electron chi connectivity index (χ4n) is 1.67. The van der Waals surface area contributed by atoms with Crippen LogP contribution >= 0.6 is 0 Å². The molecule has 0 unspecified atom stereocenters. The van der Waals surface area contributed by atoms with Crippen LogP contribution in [0.3, 0.4) is 0 Å². The molecule has 1 aromatic carbocycles. The van der Waals surface area contributed by atoms with Gasteiger partial charge >= 0.3 is 6.36 Å². The van der Waals surface area contributed by atoms with Crippen molar-refractivity contribution in [2.45, 2.75) is 24.2 Å². The maximum atomic E-state index is 12.0. The number of ether oxygens (including phenoxy) is 1. The van der Waals surface area contributed by atoms with Gasteiger partial charge in [-0.2, -0.15) is 0 Å². The van der Waals surface area contributed by atoms with Crippen LogP contribution in [0.15, 0.2) is 35.7 Å². The summed E-state index contributed by atoms with van der Waals surface area (Å²) in [6, 6.07) is 4.86. The van der Waals surface area contributed by atoms with Crippen molar-refractivity contribution in [1.82, 2.24) is 14.8 Å². The summed E-state index contributed by atoms with van der Waals surface area (Å²) in [6.07, 6.45) is -3.01. The van der Waals surface area contributed by atoms with Gasteiger partial charge in [-0.15, -0.1) is 18.3 Å². The molecule has 2 rings (SSSR count). The fraction of sp³-hybridized carbons (Fsp3) is 0.333. The van der Waals surface area contributed by atoms with Crippen LogP contribution in [0.25, 0.3) is 0 Å². The van der Waals surface area contributed by atoms with Gasteiger partial charge in [0.25, 0.3) is 0 Å².